The maximum Gasteiger partial charge on any atom is 0.323 e. The summed E-state index contributed by atoms with van der Waals surface area (Å²) in [5.74, 6) is -1.90. The Bertz CT molecular complexity index is 1370. The Labute approximate surface area is 225 Å². The number of aliphatic carboxylic acids is 1. The third kappa shape index (κ3) is 7.61. The van der Waals surface area contributed by atoms with E-state index in [1.54, 1.807) is 55.6 Å². The largest absolute Gasteiger partial charge is 0.492 e. The Kier molecular flexibility index (Phi) is 8.88. The number of hydrogen-bond acceptors (Lipinski definition) is 7. The standard InChI is InChI=1S/C29H30FN3O6/c1-17-4-5-19(11-23(17)30)14-33-28(36)22-12-20(8-9-25(22)38-15-18-6-7-18)27-21(3-2-10-32-27)16-39-29(37)24(31)13-26(34)35/h2-5,8-12,18,24H,6-7,13-16,31H2,1H3,(H,33,36)(H,34,35)/t24-/m0/s1. The molecular weight excluding hydrogens is 505 g/mol. The number of benzene rings is 2. The molecule has 0 radical (unpaired) electrons. The van der Waals surface area contributed by atoms with Crippen molar-refractivity contribution < 1.29 is 33.4 Å². The molecule has 1 aromatic heterocycles. The number of ether oxygens (including phenoxy) is 2. The van der Waals surface area contributed by atoms with Crippen molar-refractivity contribution in [1.82, 2.24) is 10.3 Å². The second-order valence-corrected chi connectivity index (χ2v) is 9.55. The van der Waals surface area contributed by atoms with Crippen molar-refractivity contribution in [2.24, 2.45) is 11.7 Å². The van der Waals surface area contributed by atoms with E-state index in [1.807, 2.05) is 0 Å². The predicted octanol–water partition coefficient (Wildman–Crippen LogP) is 3.76. The zero-order valence-electron chi connectivity index (χ0n) is 21.5. The van der Waals surface area contributed by atoms with Gasteiger partial charge in [0, 0.05) is 23.9 Å². The summed E-state index contributed by atoms with van der Waals surface area (Å²) in [4.78, 5) is 40.6. The average molecular weight is 536 g/mol. The molecule has 0 unspecified atom stereocenters. The monoisotopic (exact) mass is 535 g/mol. The van der Waals surface area contributed by atoms with Crippen LogP contribution in [0.4, 0.5) is 4.39 Å². The quantitative estimate of drug-likeness (QED) is 0.298. The van der Waals surface area contributed by atoms with Crippen molar-refractivity contribution in [2.75, 3.05) is 6.61 Å². The first-order valence-corrected chi connectivity index (χ1v) is 12.6. The number of amides is 1. The number of esters is 1. The van der Waals surface area contributed by atoms with Crippen LogP contribution in [0.2, 0.25) is 0 Å². The highest BCUT2D eigenvalue weighted by Crippen LogP contribution is 2.32. The van der Waals surface area contributed by atoms with Gasteiger partial charge in [-0.25, -0.2) is 4.39 Å². The van der Waals surface area contributed by atoms with Crippen LogP contribution < -0.4 is 15.8 Å². The number of nitrogens with zero attached hydrogens (tertiary/aromatic N) is 1. The first-order chi connectivity index (χ1) is 18.7. The Morgan fingerprint density at radius 3 is 2.69 bits per heavy atom. The summed E-state index contributed by atoms with van der Waals surface area (Å²) in [5, 5.41) is 11.7. The van der Waals surface area contributed by atoms with Gasteiger partial charge in [0.1, 0.15) is 24.2 Å². The summed E-state index contributed by atoms with van der Waals surface area (Å²) >= 11 is 0. The Morgan fingerprint density at radius 1 is 1.18 bits per heavy atom. The minimum atomic E-state index is -1.29. The van der Waals surface area contributed by atoms with Crippen molar-refractivity contribution in [1.29, 1.82) is 0 Å². The van der Waals surface area contributed by atoms with E-state index >= 15 is 0 Å². The third-order valence-corrected chi connectivity index (χ3v) is 6.32. The van der Waals surface area contributed by atoms with Crippen LogP contribution in [0.15, 0.2) is 54.7 Å². The number of nitrogens with two attached hydrogens (primary N) is 1. The van der Waals surface area contributed by atoms with Gasteiger partial charge in [-0.05, 0) is 67.1 Å². The van der Waals surface area contributed by atoms with Gasteiger partial charge in [-0.2, -0.15) is 0 Å². The molecule has 0 bridgehead atoms. The van der Waals surface area contributed by atoms with Gasteiger partial charge in [0.05, 0.1) is 24.3 Å². The number of nitrogens with one attached hydrogen (secondary N) is 1. The lowest BCUT2D eigenvalue weighted by Crippen LogP contribution is -2.34. The molecule has 1 amide bonds. The molecule has 39 heavy (non-hydrogen) atoms. The Morgan fingerprint density at radius 2 is 1.97 bits per heavy atom. The van der Waals surface area contributed by atoms with Crippen molar-refractivity contribution in [3.8, 4) is 17.0 Å². The van der Waals surface area contributed by atoms with Crippen molar-refractivity contribution in [3.63, 3.8) is 0 Å². The van der Waals surface area contributed by atoms with E-state index in [0.29, 0.717) is 46.2 Å². The Hall–Kier alpha value is -4.31. The minimum absolute atomic E-state index is 0.129. The van der Waals surface area contributed by atoms with E-state index < -0.39 is 30.3 Å². The molecule has 1 aliphatic rings. The van der Waals surface area contributed by atoms with E-state index in [-0.39, 0.29) is 24.5 Å². The maximum absolute atomic E-state index is 14.0. The van der Waals surface area contributed by atoms with Crippen LogP contribution in [0.25, 0.3) is 11.3 Å². The van der Waals surface area contributed by atoms with Crippen LogP contribution >= 0.6 is 0 Å². The number of aryl methyl sites for hydroxylation is 1. The number of pyridine rings is 1. The fourth-order valence-corrected chi connectivity index (χ4v) is 3.84. The number of carboxylic acids is 1. The van der Waals surface area contributed by atoms with Crippen LogP contribution in [-0.4, -0.2) is 40.6 Å². The van der Waals surface area contributed by atoms with Gasteiger partial charge in [-0.3, -0.25) is 19.4 Å². The van der Waals surface area contributed by atoms with Gasteiger partial charge in [-0.1, -0.05) is 18.2 Å². The first kappa shape index (κ1) is 27.7. The highest BCUT2D eigenvalue weighted by Gasteiger charge is 2.24. The second-order valence-electron chi connectivity index (χ2n) is 9.55. The highest BCUT2D eigenvalue weighted by atomic mass is 19.1. The van der Waals surface area contributed by atoms with Crippen molar-refractivity contribution >= 4 is 17.8 Å². The maximum atomic E-state index is 14.0. The summed E-state index contributed by atoms with van der Waals surface area (Å²) in [6.45, 7) is 2.12. The van der Waals surface area contributed by atoms with E-state index in [0.717, 1.165) is 12.8 Å². The van der Waals surface area contributed by atoms with E-state index in [9.17, 15) is 18.8 Å². The zero-order valence-corrected chi connectivity index (χ0v) is 21.5. The molecule has 10 heteroatoms. The van der Waals surface area contributed by atoms with Gasteiger partial charge in [0.2, 0.25) is 0 Å². The average Bonchev–Trinajstić information content (AvgIpc) is 3.75. The van der Waals surface area contributed by atoms with E-state index in [2.05, 4.69) is 10.3 Å². The van der Waals surface area contributed by atoms with E-state index in [1.165, 1.54) is 6.07 Å². The van der Waals surface area contributed by atoms with Crippen molar-refractivity contribution in [3.05, 3.63) is 82.8 Å². The molecule has 0 spiro atoms. The van der Waals surface area contributed by atoms with Gasteiger partial charge < -0.3 is 25.6 Å². The number of hydrogen-bond donors (Lipinski definition) is 3. The lowest BCUT2D eigenvalue weighted by Gasteiger charge is -2.15. The number of rotatable bonds is 12. The molecule has 1 fully saturated rings. The molecule has 1 saturated carbocycles. The fourth-order valence-electron chi connectivity index (χ4n) is 3.84. The normalized spacial score (nSPS) is 13.4. The molecule has 0 saturated heterocycles. The lowest BCUT2D eigenvalue weighted by molar-refractivity contribution is -0.150. The van der Waals surface area contributed by atoms with Gasteiger partial charge >= 0.3 is 11.9 Å². The number of carbonyl (C=O) groups is 3. The van der Waals surface area contributed by atoms with Crippen LogP contribution in [0.1, 0.15) is 46.3 Å². The first-order valence-electron chi connectivity index (χ1n) is 12.6. The third-order valence-electron chi connectivity index (χ3n) is 6.32. The molecule has 4 rings (SSSR count). The topological polar surface area (TPSA) is 141 Å². The number of carbonyl (C=O) groups excluding carboxylic acids is 2. The molecule has 9 nitrogen and oxygen atoms in total. The Balaban J connectivity index is 1.55. The summed E-state index contributed by atoms with van der Waals surface area (Å²) in [7, 11) is 0. The molecule has 1 heterocycles. The van der Waals surface area contributed by atoms with Crippen molar-refractivity contribution in [2.45, 2.75) is 45.4 Å². The molecule has 204 valence electrons. The van der Waals surface area contributed by atoms with E-state index in [4.69, 9.17) is 20.3 Å². The lowest BCUT2D eigenvalue weighted by atomic mass is 10.0. The van der Waals surface area contributed by atoms with Gasteiger partial charge in [-0.15, -0.1) is 0 Å². The van der Waals surface area contributed by atoms with Crippen LogP contribution in [0.3, 0.4) is 0 Å². The molecule has 0 aliphatic heterocycles. The molecule has 1 aliphatic carbocycles. The molecular formula is C29H30FN3O6. The molecule has 4 N–H and O–H groups in total. The fraction of sp³-hybridized carbons (Fsp3) is 0.310. The zero-order chi connectivity index (χ0) is 27.9. The summed E-state index contributed by atoms with van der Waals surface area (Å²) in [6.07, 6.45) is 3.20. The number of carboxylic acid groups (broad SMARTS) is 1. The second kappa shape index (κ2) is 12.5. The minimum Gasteiger partial charge on any atom is -0.492 e. The summed E-state index contributed by atoms with van der Waals surface area (Å²) in [5.41, 5.74) is 8.63. The van der Waals surface area contributed by atoms with Gasteiger partial charge in [0.25, 0.3) is 5.91 Å². The van der Waals surface area contributed by atoms with Crippen LogP contribution in [-0.2, 0) is 27.5 Å². The SMILES string of the molecule is Cc1ccc(CNC(=O)c2cc(-c3ncccc3COC(=O)[C@@H](N)CC(=O)O)ccc2OCC2CC2)cc1F. The molecule has 3 aromatic rings. The highest BCUT2D eigenvalue weighted by molar-refractivity contribution is 5.98. The number of aromatic nitrogens is 1. The van der Waals surface area contributed by atoms with Crippen LogP contribution in [0, 0.1) is 18.7 Å². The van der Waals surface area contributed by atoms with Gasteiger partial charge in [0.15, 0.2) is 0 Å². The molecule has 1 atom stereocenters. The van der Waals surface area contributed by atoms with Crippen LogP contribution in [0.5, 0.6) is 5.75 Å². The smallest absolute Gasteiger partial charge is 0.323 e. The predicted molar refractivity (Wildman–Crippen MR) is 140 cm³/mol. The molecule has 2 aromatic carbocycles. The summed E-state index contributed by atoms with van der Waals surface area (Å²) in [6, 6.07) is 12.0. The summed E-state index contributed by atoms with van der Waals surface area (Å²) < 4.78 is 25.1. The number of halogens is 1.